The minimum Gasteiger partial charge on any atom is -0.465 e. The minimum absolute atomic E-state index is 0.203. The second kappa shape index (κ2) is 7.90. The summed E-state index contributed by atoms with van der Waals surface area (Å²) in [5, 5.41) is 11.9. The van der Waals surface area contributed by atoms with Crippen molar-refractivity contribution in [1.29, 1.82) is 0 Å². The van der Waals surface area contributed by atoms with Crippen LogP contribution in [0.4, 0.5) is 21.0 Å². The van der Waals surface area contributed by atoms with Gasteiger partial charge in [0.1, 0.15) is 12.8 Å². The minimum atomic E-state index is -1.18. The van der Waals surface area contributed by atoms with Crippen LogP contribution in [0.1, 0.15) is 6.92 Å². The lowest BCUT2D eigenvalue weighted by Gasteiger charge is -2.21. The van der Waals surface area contributed by atoms with Gasteiger partial charge in [-0.3, -0.25) is 4.90 Å². The number of carboxylic acid groups (broad SMARTS) is 1. The average molecular weight is 305 g/mol. The summed E-state index contributed by atoms with van der Waals surface area (Å²) in [5.74, 6) is 2.36. The summed E-state index contributed by atoms with van der Waals surface area (Å²) in [4.78, 5) is 25.3. The molecule has 22 heavy (non-hydrogen) atoms. The first-order chi connectivity index (χ1) is 10.3. The van der Waals surface area contributed by atoms with Crippen LogP contribution in [0, 0.1) is 12.3 Å². The molecule has 0 fully saturated rings. The van der Waals surface area contributed by atoms with Crippen LogP contribution in [0.3, 0.4) is 0 Å². The standard InChI is InChI=1S/C15H19N3O4/c1-5-11(2)22-10-18(15(20)21)13-8-6-7-12(9-13)16-14(19)17(3)4/h1,6-9,11H,10H2,2-4H3,(H,16,19)(H,20,21). The smallest absolute Gasteiger partial charge is 0.413 e. The number of terminal acetylenes is 1. The zero-order chi connectivity index (χ0) is 16.7. The Morgan fingerprint density at radius 1 is 1.45 bits per heavy atom. The highest BCUT2D eigenvalue weighted by Gasteiger charge is 2.16. The van der Waals surface area contributed by atoms with Crippen LogP contribution >= 0.6 is 0 Å². The molecule has 0 spiro atoms. The van der Waals surface area contributed by atoms with Gasteiger partial charge >= 0.3 is 12.1 Å². The van der Waals surface area contributed by atoms with Crippen LogP contribution in [0.25, 0.3) is 0 Å². The van der Waals surface area contributed by atoms with Gasteiger partial charge in [-0.1, -0.05) is 12.0 Å². The normalized spacial score (nSPS) is 11.2. The van der Waals surface area contributed by atoms with Crippen LogP contribution in [-0.4, -0.2) is 49.1 Å². The third kappa shape index (κ3) is 5.00. The number of anilines is 2. The van der Waals surface area contributed by atoms with Crippen molar-refractivity contribution < 1.29 is 19.4 Å². The average Bonchev–Trinajstić information content (AvgIpc) is 2.47. The number of benzene rings is 1. The van der Waals surface area contributed by atoms with Crippen molar-refractivity contribution in [3.63, 3.8) is 0 Å². The van der Waals surface area contributed by atoms with E-state index in [9.17, 15) is 14.7 Å². The van der Waals surface area contributed by atoms with E-state index >= 15 is 0 Å². The highest BCUT2D eigenvalue weighted by molar-refractivity contribution is 5.91. The van der Waals surface area contributed by atoms with Gasteiger partial charge in [0.05, 0.1) is 5.69 Å². The number of hydrogen-bond acceptors (Lipinski definition) is 3. The molecule has 0 aliphatic carbocycles. The summed E-state index contributed by atoms with van der Waals surface area (Å²) in [5.41, 5.74) is 0.848. The number of amides is 3. The number of carbonyl (C=O) groups is 2. The maximum atomic E-state index is 11.6. The van der Waals surface area contributed by atoms with Crippen molar-refractivity contribution in [2.75, 3.05) is 31.0 Å². The second-order valence-electron chi connectivity index (χ2n) is 4.69. The Morgan fingerprint density at radius 3 is 2.68 bits per heavy atom. The Kier molecular flexibility index (Phi) is 6.23. The Bertz CT molecular complexity index is 580. The van der Waals surface area contributed by atoms with E-state index in [1.165, 1.54) is 4.90 Å². The molecule has 1 rings (SSSR count). The Labute approximate surface area is 129 Å². The maximum absolute atomic E-state index is 11.6. The molecule has 0 saturated heterocycles. The quantitative estimate of drug-likeness (QED) is 0.646. The SMILES string of the molecule is C#CC(C)OCN(C(=O)O)c1cccc(NC(=O)N(C)C)c1. The number of rotatable bonds is 5. The molecule has 1 aromatic carbocycles. The lowest BCUT2D eigenvalue weighted by atomic mass is 10.2. The van der Waals surface area contributed by atoms with Gasteiger partial charge in [-0.25, -0.2) is 9.59 Å². The number of nitrogens with zero attached hydrogens (tertiary/aromatic N) is 2. The second-order valence-corrected chi connectivity index (χ2v) is 4.69. The fourth-order valence-corrected chi connectivity index (χ4v) is 1.46. The van der Waals surface area contributed by atoms with E-state index in [-0.39, 0.29) is 12.8 Å². The van der Waals surface area contributed by atoms with Gasteiger partial charge in [0, 0.05) is 19.8 Å². The van der Waals surface area contributed by atoms with Crippen molar-refractivity contribution in [3.8, 4) is 12.3 Å². The number of urea groups is 1. The monoisotopic (exact) mass is 305 g/mol. The van der Waals surface area contributed by atoms with Gasteiger partial charge < -0.3 is 20.1 Å². The first-order valence-corrected chi connectivity index (χ1v) is 6.51. The van der Waals surface area contributed by atoms with E-state index in [1.54, 1.807) is 45.3 Å². The predicted octanol–water partition coefficient (Wildman–Crippen LogP) is 2.26. The molecule has 0 heterocycles. The molecule has 118 valence electrons. The molecule has 0 saturated carbocycles. The van der Waals surface area contributed by atoms with E-state index in [0.717, 1.165) is 4.90 Å². The third-order valence-corrected chi connectivity index (χ3v) is 2.73. The first kappa shape index (κ1) is 17.3. The fraction of sp³-hybridized carbons (Fsp3) is 0.333. The van der Waals surface area contributed by atoms with Crippen molar-refractivity contribution in [1.82, 2.24) is 4.90 Å². The van der Waals surface area contributed by atoms with Crippen molar-refractivity contribution >= 4 is 23.5 Å². The molecule has 0 aliphatic heterocycles. The summed E-state index contributed by atoms with van der Waals surface area (Å²) < 4.78 is 5.24. The first-order valence-electron chi connectivity index (χ1n) is 6.51. The zero-order valence-electron chi connectivity index (χ0n) is 12.7. The molecular formula is C15H19N3O4. The highest BCUT2D eigenvalue weighted by atomic mass is 16.5. The van der Waals surface area contributed by atoms with Gasteiger partial charge in [0.15, 0.2) is 0 Å². The summed E-state index contributed by atoms with van der Waals surface area (Å²) in [6.07, 6.45) is 3.51. The molecule has 7 nitrogen and oxygen atoms in total. The lowest BCUT2D eigenvalue weighted by Crippen LogP contribution is -2.33. The predicted molar refractivity (Wildman–Crippen MR) is 83.9 cm³/mol. The molecule has 0 aromatic heterocycles. The molecule has 1 aromatic rings. The van der Waals surface area contributed by atoms with Gasteiger partial charge in [-0.15, -0.1) is 6.42 Å². The topological polar surface area (TPSA) is 82.1 Å². The Hall–Kier alpha value is -2.72. The van der Waals surface area contributed by atoms with E-state index in [0.29, 0.717) is 11.4 Å². The Balaban J connectivity index is 2.90. The van der Waals surface area contributed by atoms with Crippen molar-refractivity contribution in [2.24, 2.45) is 0 Å². The number of nitrogens with one attached hydrogen (secondary N) is 1. The molecule has 1 unspecified atom stereocenters. The van der Waals surface area contributed by atoms with Crippen molar-refractivity contribution in [3.05, 3.63) is 24.3 Å². The molecule has 0 radical (unpaired) electrons. The van der Waals surface area contributed by atoms with Gasteiger partial charge in [0.2, 0.25) is 0 Å². The van der Waals surface area contributed by atoms with Gasteiger partial charge in [-0.2, -0.15) is 0 Å². The maximum Gasteiger partial charge on any atom is 0.413 e. The fourth-order valence-electron chi connectivity index (χ4n) is 1.46. The number of ether oxygens (including phenoxy) is 1. The van der Waals surface area contributed by atoms with Crippen LogP contribution in [0.2, 0.25) is 0 Å². The lowest BCUT2D eigenvalue weighted by molar-refractivity contribution is 0.101. The number of hydrogen-bond donors (Lipinski definition) is 2. The van der Waals surface area contributed by atoms with E-state index in [1.807, 2.05) is 0 Å². The summed E-state index contributed by atoms with van der Waals surface area (Å²) in [7, 11) is 3.22. The van der Waals surface area contributed by atoms with Crippen LogP contribution in [0.5, 0.6) is 0 Å². The van der Waals surface area contributed by atoms with Crippen LogP contribution < -0.4 is 10.2 Å². The number of carbonyl (C=O) groups excluding carboxylic acids is 1. The van der Waals surface area contributed by atoms with Gasteiger partial charge in [-0.05, 0) is 25.1 Å². The summed E-state index contributed by atoms with van der Waals surface area (Å²) in [6, 6.07) is 6.14. The summed E-state index contributed by atoms with van der Waals surface area (Å²) in [6.45, 7) is 1.44. The van der Waals surface area contributed by atoms with Crippen molar-refractivity contribution in [2.45, 2.75) is 13.0 Å². The summed E-state index contributed by atoms with van der Waals surface area (Å²) >= 11 is 0. The van der Waals surface area contributed by atoms with E-state index in [4.69, 9.17) is 11.2 Å². The molecule has 7 heteroatoms. The van der Waals surface area contributed by atoms with E-state index < -0.39 is 12.2 Å². The molecular weight excluding hydrogens is 286 g/mol. The molecule has 1 atom stereocenters. The molecule has 3 amide bonds. The van der Waals surface area contributed by atoms with Crippen LogP contribution in [0.15, 0.2) is 24.3 Å². The third-order valence-electron chi connectivity index (χ3n) is 2.73. The van der Waals surface area contributed by atoms with E-state index in [2.05, 4.69) is 11.2 Å². The van der Waals surface area contributed by atoms with Gasteiger partial charge in [0.25, 0.3) is 0 Å². The molecule has 0 bridgehead atoms. The Morgan fingerprint density at radius 2 is 2.14 bits per heavy atom. The molecule has 2 N–H and O–H groups in total. The highest BCUT2D eigenvalue weighted by Crippen LogP contribution is 2.20. The largest absolute Gasteiger partial charge is 0.465 e. The zero-order valence-corrected chi connectivity index (χ0v) is 12.7. The van der Waals surface area contributed by atoms with Crippen LogP contribution in [-0.2, 0) is 4.74 Å². The molecule has 0 aliphatic rings.